The number of nitro benzene ring substituents is 1. The maximum absolute atomic E-state index is 12.2. The fourth-order valence-electron chi connectivity index (χ4n) is 1.95. The van der Waals surface area contributed by atoms with Crippen molar-refractivity contribution in [2.75, 3.05) is 5.43 Å². The predicted molar refractivity (Wildman–Crippen MR) is 78.1 cm³/mol. The Kier molecular flexibility index (Phi) is 3.07. The lowest BCUT2D eigenvalue weighted by molar-refractivity contribution is -0.384. The number of nitrogens with zero attached hydrogens (tertiary/aromatic N) is 3. The summed E-state index contributed by atoms with van der Waals surface area (Å²) in [6, 6.07) is 12.9. The minimum Gasteiger partial charge on any atom is -0.275 e. The highest BCUT2D eigenvalue weighted by Gasteiger charge is 2.06. The summed E-state index contributed by atoms with van der Waals surface area (Å²) in [6.45, 7) is 0. The second-order valence-corrected chi connectivity index (χ2v) is 4.36. The summed E-state index contributed by atoms with van der Waals surface area (Å²) in [4.78, 5) is 23.4. The molecule has 0 saturated carbocycles. The van der Waals surface area contributed by atoms with Crippen LogP contribution in [0.1, 0.15) is 0 Å². The SMILES string of the molecule is O=c1c2ccccc2cnn1Nc1ccc([N+](=O)[O-])cc1. The van der Waals surface area contributed by atoms with E-state index in [2.05, 4.69) is 10.5 Å². The van der Waals surface area contributed by atoms with Gasteiger partial charge in [0.25, 0.3) is 11.2 Å². The van der Waals surface area contributed by atoms with Crippen molar-refractivity contribution in [3.63, 3.8) is 0 Å². The fraction of sp³-hybridized carbons (Fsp3) is 0. The van der Waals surface area contributed by atoms with Crippen LogP contribution in [-0.2, 0) is 0 Å². The molecule has 1 heterocycles. The van der Waals surface area contributed by atoms with Crippen molar-refractivity contribution >= 4 is 22.1 Å². The molecule has 1 aromatic heterocycles. The monoisotopic (exact) mass is 282 g/mol. The normalized spacial score (nSPS) is 10.5. The molecule has 2 aromatic carbocycles. The number of fused-ring (bicyclic) bond motifs is 1. The lowest BCUT2D eigenvalue weighted by Gasteiger charge is -2.08. The van der Waals surface area contributed by atoms with Crippen molar-refractivity contribution < 1.29 is 4.92 Å². The molecule has 0 aliphatic rings. The van der Waals surface area contributed by atoms with Gasteiger partial charge in [-0.3, -0.25) is 20.3 Å². The number of anilines is 1. The number of hydrogen-bond acceptors (Lipinski definition) is 5. The highest BCUT2D eigenvalue weighted by atomic mass is 16.6. The van der Waals surface area contributed by atoms with Crippen molar-refractivity contribution in [1.29, 1.82) is 0 Å². The lowest BCUT2D eigenvalue weighted by atomic mass is 10.2. The first-order valence-electron chi connectivity index (χ1n) is 6.14. The molecule has 0 atom stereocenters. The van der Waals surface area contributed by atoms with Gasteiger partial charge in [-0.2, -0.15) is 5.10 Å². The Labute approximate surface area is 118 Å². The van der Waals surface area contributed by atoms with Gasteiger partial charge in [-0.1, -0.05) is 18.2 Å². The summed E-state index contributed by atoms with van der Waals surface area (Å²) in [5.74, 6) is 0. The molecule has 0 spiro atoms. The molecule has 0 radical (unpaired) electrons. The molecule has 0 saturated heterocycles. The summed E-state index contributed by atoms with van der Waals surface area (Å²) in [6.07, 6.45) is 1.58. The van der Waals surface area contributed by atoms with Crippen molar-refractivity contribution in [1.82, 2.24) is 9.89 Å². The zero-order chi connectivity index (χ0) is 14.8. The van der Waals surface area contributed by atoms with Gasteiger partial charge in [0.1, 0.15) is 0 Å². The van der Waals surface area contributed by atoms with Gasteiger partial charge in [0.05, 0.1) is 22.2 Å². The van der Waals surface area contributed by atoms with Crippen LogP contribution in [0.5, 0.6) is 0 Å². The maximum Gasteiger partial charge on any atom is 0.294 e. The summed E-state index contributed by atoms with van der Waals surface area (Å²) in [5, 5.41) is 15.9. The Morgan fingerprint density at radius 1 is 1.10 bits per heavy atom. The van der Waals surface area contributed by atoms with E-state index in [1.165, 1.54) is 24.3 Å². The molecule has 21 heavy (non-hydrogen) atoms. The smallest absolute Gasteiger partial charge is 0.275 e. The van der Waals surface area contributed by atoms with Gasteiger partial charge in [0.15, 0.2) is 0 Å². The lowest BCUT2D eigenvalue weighted by Crippen LogP contribution is -2.28. The Bertz CT molecular complexity index is 871. The van der Waals surface area contributed by atoms with Crippen molar-refractivity contribution in [2.24, 2.45) is 0 Å². The number of benzene rings is 2. The first kappa shape index (κ1) is 12.8. The van der Waals surface area contributed by atoms with Crippen molar-refractivity contribution in [3.8, 4) is 0 Å². The molecule has 3 aromatic rings. The molecule has 7 nitrogen and oxygen atoms in total. The molecule has 104 valence electrons. The number of nitrogens with one attached hydrogen (secondary N) is 1. The molecule has 1 N–H and O–H groups in total. The molecule has 0 bridgehead atoms. The largest absolute Gasteiger partial charge is 0.294 e. The first-order valence-corrected chi connectivity index (χ1v) is 6.14. The summed E-state index contributed by atoms with van der Waals surface area (Å²) >= 11 is 0. The van der Waals surface area contributed by atoms with Gasteiger partial charge in [-0.25, -0.2) is 0 Å². The minimum absolute atomic E-state index is 0.0145. The average Bonchev–Trinajstić information content (AvgIpc) is 2.51. The van der Waals surface area contributed by atoms with Crippen LogP contribution in [0.4, 0.5) is 11.4 Å². The van der Waals surface area contributed by atoms with E-state index >= 15 is 0 Å². The zero-order valence-corrected chi connectivity index (χ0v) is 10.8. The van der Waals surface area contributed by atoms with Crippen molar-refractivity contribution in [3.05, 3.63) is 75.2 Å². The van der Waals surface area contributed by atoms with Gasteiger partial charge in [0.2, 0.25) is 0 Å². The quantitative estimate of drug-likeness (QED) is 0.587. The standard InChI is InChI=1S/C14H10N4O3/c19-14-13-4-2-1-3-10(13)9-15-17(14)16-11-5-7-12(8-6-11)18(20)21/h1-9,16H. The average molecular weight is 282 g/mol. The molecule has 0 aliphatic heterocycles. The number of non-ortho nitro benzene ring substituents is 1. The van der Waals surface area contributed by atoms with Crippen LogP contribution in [0, 0.1) is 10.1 Å². The Morgan fingerprint density at radius 2 is 1.81 bits per heavy atom. The van der Waals surface area contributed by atoms with E-state index in [4.69, 9.17) is 0 Å². The van der Waals surface area contributed by atoms with Gasteiger partial charge in [0, 0.05) is 17.5 Å². The van der Waals surface area contributed by atoms with Gasteiger partial charge >= 0.3 is 0 Å². The predicted octanol–water partition coefficient (Wildman–Crippen LogP) is 2.18. The van der Waals surface area contributed by atoms with E-state index in [0.29, 0.717) is 11.1 Å². The Hall–Kier alpha value is -3.22. The minimum atomic E-state index is -0.482. The number of hydrogen-bond donors (Lipinski definition) is 1. The number of rotatable bonds is 3. The van der Waals surface area contributed by atoms with Crippen LogP contribution in [0.15, 0.2) is 59.5 Å². The van der Waals surface area contributed by atoms with Crippen LogP contribution in [0.3, 0.4) is 0 Å². The van der Waals surface area contributed by atoms with Crippen LogP contribution in [-0.4, -0.2) is 14.8 Å². The molecular weight excluding hydrogens is 272 g/mol. The third kappa shape index (κ3) is 2.44. The van der Waals surface area contributed by atoms with Gasteiger partial charge in [-0.05, 0) is 18.2 Å². The third-order valence-electron chi connectivity index (χ3n) is 3.01. The topological polar surface area (TPSA) is 90.1 Å². The van der Waals surface area contributed by atoms with Crippen LogP contribution in [0.25, 0.3) is 10.8 Å². The van der Waals surface area contributed by atoms with Crippen LogP contribution < -0.4 is 11.0 Å². The molecular formula is C14H10N4O3. The summed E-state index contributed by atoms with van der Waals surface area (Å²) < 4.78 is 0. The van der Waals surface area contributed by atoms with Gasteiger partial charge in [-0.15, -0.1) is 4.79 Å². The molecule has 0 fully saturated rings. The van der Waals surface area contributed by atoms with E-state index < -0.39 is 4.92 Å². The summed E-state index contributed by atoms with van der Waals surface area (Å²) in [5.41, 5.74) is 3.03. The fourth-order valence-corrected chi connectivity index (χ4v) is 1.95. The van der Waals surface area contributed by atoms with E-state index in [1.54, 1.807) is 24.4 Å². The number of aromatic nitrogens is 2. The van der Waals surface area contributed by atoms with E-state index in [1.807, 2.05) is 6.07 Å². The third-order valence-corrected chi connectivity index (χ3v) is 3.01. The van der Waals surface area contributed by atoms with Crippen LogP contribution in [0.2, 0.25) is 0 Å². The summed E-state index contributed by atoms with van der Waals surface area (Å²) in [7, 11) is 0. The van der Waals surface area contributed by atoms with Crippen molar-refractivity contribution in [2.45, 2.75) is 0 Å². The molecule has 3 rings (SSSR count). The molecule has 0 unspecified atom stereocenters. The second kappa shape index (κ2) is 5.04. The number of nitro groups is 1. The highest BCUT2D eigenvalue weighted by molar-refractivity contribution is 5.80. The second-order valence-electron chi connectivity index (χ2n) is 4.36. The van der Waals surface area contributed by atoms with E-state index in [-0.39, 0.29) is 11.2 Å². The first-order chi connectivity index (χ1) is 10.1. The molecule has 0 aliphatic carbocycles. The van der Waals surface area contributed by atoms with E-state index in [9.17, 15) is 14.9 Å². The Balaban J connectivity index is 1.96. The van der Waals surface area contributed by atoms with E-state index in [0.717, 1.165) is 10.2 Å². The molecule has 7 heteroatoms. The van der Waals surface area contributed by atoms with Crippen LogP contribution >= 0.6 is 0 Å². The highest BCUT2D eigenvalue weighted by Crippen LogP contribution is 2.15. The maximum atomic E-state index is 12.2. The molecule has 0 amide bonds. The Morgan fingerprint density at radius 3 is 2.52 bits per heavy atom. The zero-order valence-electron chi connectivity index (χ0n) is 10.8. The van der Waals surface area contributed by atoms with Gasteiger partial charge < -0.3 is 0 Å².